The molecule has 1 aliphatic rings. The number of nitrogens with one attached hydrogen (secondary N) is 1. The minimum atomic E-state index is 0.262. The van der Waals surface area contributed by atoms with E-state index in [-0.39, 0.29) is 12.5 Å². The van der Waals surface area contributed by atoms with Crippen molar-refractivity contribution >= 4 is 11.4 Å². The van der Waals surface area contributed by atoms with Crippen LogP contribution < -0.4 is 14.8 Å². The van der Waals surface area contributed by atoms with E-state index in [9.17, 15) is 5.11 Å². The van der Waals surface area contributed by atoms with Crippen LogP contribution in [0.4, 0.5) is 11.4 Å². The van der Waals surface area contributed by atoms with Crippen LogP contribution in [0, 0.1) is 6.92 Å². The number of phenolic OH excluding ortho intramolecular Hbond substituents is 1. The van der Waals surface area contributed by atoms with Crippen LogP contribution in [0.3, 0.4) is 0 Å². The Hall–Kier alpha value is -3.14. The number of ether oxygens (including phenoxy) is 2. The van der Waals surface area contributed by atoms with E-state index in [1.807, 2.05) is 30.3 Å². The van der Waals surface area contributed by atoms with Crippen LogP contribution in [0.25, 0.3) is 11.1 Å². The van der Waals surface area contributed by atoms with Gasteiger partial charge in [0.1, 0.15) is 5.75 Å². The molecule has 0 radical (unpaired) electrons. The van der Waals surface area contributed by atoms with Gasteiger partial charge in [-0.2, -0.15) is 0 Å². The highest BCUT2D eigenvalue weighted by atomic mass is 16.7. The number of hydrogen-bond acceptors (Lipinski definition) is 4. The lowest BCUT2D eigenvalue weighted by Gasteiger charge is -2.12. The van der Waals surface area contributed by atoms with Crippen LogP contribution >= 0.6 is 0 Å². The second kappa shape index (κ2) is 5.81. The number of phenols is 1. The zero-order valence-electron chi connectivity index (χ0n) is 13.2. The van der Waals surface area contributed by atoms with Crippen molar-refractivity contribution in [2.24, 2.45) is 0 Å². The van der Waals surface area contributed by atoms with Gasteiger partial charge < -0.3 is 19.9 Å². The fraction of sp³-hybridized carbons (Fsp3) is 0.100. The van der Waals surface area contributed by atoms with Crippen LogP contribution in [-0.2, 0) is 0 Å². The molecule has 4 nitrogen and oxygen atoms in total. The van der Waals surface area contributed by atoms with Gasteiger partial charge >= 0.3 is 0 Å². The normalized spacial score (nSPS) is 12.2. The predicted octanol–water partition coefficient (Wildman–Crippen LogP) is 4.84. The summed E-state index contributed by atoms with van der Waals surface area (Å²) in [5.41, 5.74) is 5.10. The average Bonchev–Trinajstić information content (AvgIpc) is 3.04. The Labute approximate surface area is 140 Å². The van der Waals surface area contributed by atoms with Crippen molar-refractivity contribution < 1.29 is 14.6 Å². The number of aryl methyl sites for hydroxylation is 1. The molecule has 0 saturated heterocycles. The number of rotatable bonds is 3. The lowest BCUT2D eigenvalue weighted by atomic mass is 10.0. The van der Waals surface area contributed by atoms with Gasteiger partial charge in [0.25, 0.3) is 0 Å². The lowest BCUT2D eigenvalue weighted by Crippen LogP contribution is -1.94. The third-order valence-electron chi connectivity index (χ3n) is 4.07. The van der Waals surface area contributed by atoms with Crippen molar-refractivity contribution in [1.29, 1.82) is 0 Å². The molecule has 0 unspecified atom stereocenters. The first-order chi connectivity index (χ1) is 11.7. The molecule has 0 aliphatic carbocycles. The molecular weight excluding hydrogens is 302 g/mol. The van der Waals surface area contributed by atoms with Gasteiger partial charge in [-0.1, -0.05) is 24.3 Å². The first-order valence-electron chi connectivity index (χ1n) is 7.76. The number of hydrogen-bond donors (Lipinski definition) is 2. The van der Waals surface area contributed by atoms with Gasteiger partial charge in [0, 0.05) is 17.4 Å². The Kier molecular flexibility index (Phi) is 3.50. The van der Waals surface area contributed by atoms with Crippen LogP contribution in [0.2, 0.25) is 0 Å². The standard InChI is InChI=1S/C20H17NO3/c1-13-5-6-15(14-3-2-4-17(22)9-14)10-18(13)21-16-7-8-19-20(11-16)24-12-23-19/h2-11,21-22H,12H2,1H3. The van der Waals surface area contributed by atoms with Gasteiger partial charge in [-0.25, -0.2) is 0 Å². The van der Waals surface area contributed by atoms with Crippen LogP contribution in [0.15, 0.2) is 60.7 Å². The van der Waals surface area contributed by atoms with Crippen LogP contribution in [0.1, 0.15) is 5.56 Å². The molecule has 0 bridgehead atoms. The SMILES string of the molecule is Cc1ccc(-c2cccc(O)c2)cc1Nc1ccc2c(c1)OCO2. The van der Waals surface area contributed by atoms with Crippen molar-refractivity contribution in [2.45, 2.75) is 6.92 Å². The highest BCUT2D eigenvalue weighted by Crippen LogP contribution is 2.36. The molecule has 2 N–H and O–H groups in total. The van der Waals surface area contributed by atoms with Gasteiger partial charge in [-0.15, -0.1) is 0 Å². The smallest absolute Gasteiger partial charge is 0.231 e. The molecule has 0 saturated carbocycles. The Bertz CT molecular complexity index is 905. The highest BCUT2D eigenvalue weighted by molar-refractivity contribution is 5.74. The monoisotopic (exact) mass is 319 g/mol. The van der Waals surface area contributed by atoms with Gasteiger partial charge in [0.15, 0.2) is 11.5 Å². The Morgan fingerprint density at radius 2 is 1.71 bits per heavy atom. The summed E-state index contributed by atoms with van der Waals surface area (Å²) in [6.07, 6.45) is 0. The van der Waals surface area contributed by atoms with E-state index in [4.69, 9.17) is 9.47 Å². The molecule has 3 aromatic carbocycles. The third-order valence-corrected chi connectivity index (χ3v) is 4.07. The maximum Gasteiger partial charge on any atom is 0.231 e. The van der Waals surface area contributed by atoms with Crippen molar-refractivity contribution in [3.63, 3.8) is 0 Å². The van der Waals surface area contributed by atoms with Gasteiger partial charge in [-0.3, -0.25) is 0 Å². The molecule has 4 rings (SSSR count). The Morgan fingerprint density at radius 3 is 2.58 bits per heavy atom. The summed E-state index contributed by atoms with van der Waals surface area (Å²) in [4.78, 5) is 0. The molecule has 1 aliphatic heterocycles. The number of aromatic hydroxyl groups is 1. The molecule has 0 spiro atoms. The zero-order chi connectivity index (χ0) is 16.5. The molecule has 0 aromatic heterocycles. The quantitative estimate of drug-likeness (QED) is 0.725. The highest BCUT2D eigenvalue weighted by Gasteiger charge is 2.13. The number of benzene rings is 3. The van der Waals surface area contributed by atoms with E-state index in [1.54, 1.807) is 12.1 Å². The van der Waals surface area contributed by atoms with Crippen molar-refractivity contribution in [3.05, 3.63) is 66.2 Å². The molecule has 1 heterocycles. The number of anilines is 2. The average molecular weight is 319 g/mol. The molecular formula is C20H17NO3. The van der Waals surface area contributed by atoms with E-state index in [2.05, 4.69) is 30.4 Å². The number of fused-ring (bicyclic) bond motifs is 1. The lowest BCUT2D eigenvalue weighted by molar-refractivity contribution is 0.174. The molecule has 24 heavy (non-hydrogen) atoms. The second-order valence-electron chi connectivity index (χ2n) is 5.77. The van der Waals surface area contributed by atoms with E-state index >= 15 is 0 Å². The first kappa shape index (κ1) is 14.5. The van der Waals surface area contributed by atoms with Crippen LogP contribution in [-0.4, -0.2) is 11.9 Å². The maximum atomic E-state index is 9.68. The molecule has 0 amide bonds. The first-order valence-corrected chi connectivity index (χ1v) is 7.76. The van der Waals surface area contributed by atoms with Gasteiger partial charge in [0.05, 0.1) is 0 Å². The van der Waals surface area contributed by atoms with Crippen molar-refractivity contribution in [2.75, 3.05) is 12.1 Å². The van der Waals surface area contributed by atoms with Gasteiger partial charge in [-0.05, 0) is 53.9 Å². The second-order valence-corrected chi connectivity index (χ2v) is 5.77. The fourth-order valence-corrected chi connectivity index (χ4v) is 2.75. The predicted molar refractivity (Wildman–Crippen MR) is 94.1 cm³/mol. The summed E-state index contributed by atoms with van der Waals surface area (Å²) >= 11 is 0. The molecule has 4 heteroatoms. The summed E-state index contributed by atoms with van der Waals surface area (Å²) in [7, 11) is 0. The fourth-order valence-electron chi connectivity index (χ4n) is 2.75. The summed E-state index contributed by atoms with van der Waals surface area (Å²) in [5, 5.41) is 13.1. The largest absolute Gasteiger partial charge is 0.508 e. The van der Waals surface area contributed by atoms with Crippen molar-refractivity contribution in [1.82, 2.24) is 0 Å². The molecule has 120 valence electrons. The maximum absolute atomic E-state index is 9.68. The minimum absolute atomic E-state index is 0.262. The zero-order valence-corrected chi connectivity index (χ0v) is 13.2. The minimum Gasteiger partial charge on any atom is -0.508 e. The summed E-state index contributed by atoms with van der Waals surface area (Å²) in [6.45, 7) is 2.33. The van der Waals surface area contributed by atoms with E-state index in [1.165, 1.54) is 0 Å². The van der Waals surface area contributed by atoms with Crippen LogP contribution in [0.5, 0.6) is 17.2 Å². The van der Waals surface area contributed by atoms with Crippen molar-refractivity contribution in [3.8, 4) is 28.4 Å². The molecule has 0 atom stereocenters. The summed E-state index contributed by atoms with van der Waals surface area (Å²) in [5.74, 6) is 1.78. The topological polar surface area (TPSA) is 50.7 Å². The Balaban J connectivity index is 1.67. The van der Waals surface area contributed by atoms with E-state index in [0.717, 1.165) is 39.6 Å². The van der Waals surface area contributed by atoms with E-state index < -0.39 is 0 Å². The Morgan fingerprint density at radius 1 is 0.875 bits per heavy atom. The van der Waals surface area contributed by atoms with E-state index in [0.29, 0.717) is 0 Å². The third kappa shape index (κ3) is 2.74. The summed E-state index contributed by atoms with van der Waals surface area (Å²) in [6, 6.07) is 19.2. The molecule has 3 aromatic rings. The molecule has 0 fully saturated rings. The summed E-state index contributed by atoms with van der Waals surface area (Å²) < 4.78 is 10.8. The van der Waals surface area contributed by atoms with Gasteiger partial charge in [0.2, 0.25) is 6.79 Å².